The molecule has 1 rings (SSSR count). The lowest BCUT2D eigenvalue weighted by Crippen LogP contribution is -2.60. The third-order valence-electron chi connectivity index (χ3n) is 13.4. The van der Waals surface area contributed by atoms with Crippen LogP contribution in [0.4, 0.5) is 0 Å². The summed E-state index contributed by atoms with van der Waals surface area (Å²) in [5.41, 5.74) is 0. The lowest BCUT2D eigenvalue weighted by molar-refractivity contribution is -0.297. The maximum Gasteiger partial charge on any atom is 0.306 e. The summed E-state index contributed by atoms with van der Waals surface area (Å²) in [6.07, 6.45) is 40.0. The first-order valence-electron chi connectivity index (χ1n) is 28.1. The molecule has 6 unspecified atom stereocenters. The number of hydrogen-bond acceptors (Lipinski definition) is 11. The van der Waals surface area contributed by atoms with Crippen LogP contribution in [-0.2, 0) is 38.7 Å². The molecule has 0 aromatic rings. The summed E-state index contributed by atoms with van der Waals surface area (Å²) in [5.74, 6) is -1.95. The first kappa shape index (κ1) is 63.7. The van der Waals surface area contributed by atoms with Crippen molar-refractivity contribution in [2.24, 2.45) is 0 Å². The van der Waals surface area contributed by atoms with E-state index in [1.54, 1.807) is 0 Å². The minimum absolute atomic E-state index is 0.173. The van der Waals surface area contributed by atoms with E-state index in [-0.39, 0.29) is 19.4 Å². The predicted molar refractivity (Wildman–Crippen MR) is 271 cm³/mol. The van der Waals surface area contributed by atoms with Crippen LogP contribution in [0.5, 0.6) is 0 Å². The molecule has 1 aliphatic heterocycles. The summed E-state index contributed by atoms with van der Waals surface area (Å²) in [4.78, 5) is 25.6. The van der Waals surface area contributed by atoms with Gasteiger partial charge in [0.25, 0.3) is 10.1 Å². The van der Waals surface area contributed by atoms with Gasteiger partial charge in [-0.25, -0.2) is 0 Å². The van der Waals surface area contributed by atoms with Crippen LogP contribution in [-0.4, -0.2) is 96.0 Å². The standard InChI is InChI=1S/C54H104O12S/c1-3-5-7-9-11-13-15-17-19-21-22-23-24-25-26-27-29-31-33-35-37-39-41-43-50(56)65-47(45-64-54-53(59)52(58)51(57)48(66-54)46-67(60,61)62)44-63-49(55)42-40-38-36-34-32-30-28-20-18-16-14-12-10-8-6-4-2/h47-48,51-54,57-59H,3-46H2,1-2H3,(H,60,61,62). The van der Waals surface area contributed by atoms with Crippen molar-refractivity contribution < 1.29 is 56.8 Å². The monoisotopic (exact) mass is 977 g/mol. The van der Waals surface area contributed by atoms with Crippen LogP contribution in [0.15, 0.2) is 0 Å². The zero-order chi connectivity index (χ0) is 49.1. The van der Waals surface area contributed by atoms with Crippen LogP contribution < -0.4 is 0 Å². The van der Waals surface area contributed by atoms with E-state index in [0.717, 1.165) is 38.5 Å². The topological polar surface area (TPSA) is 186 Å². The molecule has 0 aliphatic carbocycles. The van der Waals surface area contributed by atoms with Gasteiger partial charge in [-0.1, -0.05) is 251 Å². The Morgan fingerprint density at radius 1 is 0.448 bits per heavy atom. The quantitative estimate of drug-likeness (QED) is 0.0257. The number of aliphatic hydroxyl groups is 3. The van der Waals surface area contributed by atoms with E-state index in [9.17, 15) is 37.9 Å². The van der Waals surface area contributed by atoms with Crippen molar-refractivity contribution in [1.82, 2.24) is 0 Å². The molecule has 4 N–H and O–H groups in total. The Morgan fingerprint density at radius 2 is 0.761 bits per heavy atom. The van der Waals surface area contributed by atoms with Crippen LogP contribution in [0.2, 0.25) is 0 Å². The molecule has 12 nitrogen and oxygen atoms in total. The number of carbonyl (C=O) groups is 2. The minimum atomic E-state index is -4.60. The molecule has 1 aliphatic rings. The summed E-state index contributed by atoms with van der Waals surface area (Å²) in [5, 5.41) is 31.0. The van der Waals surface area contributed by atoms with E-state index in [1.165, 1.54) is 199 Å². The van der Waals surface area contributed by atoms with Crippen molar-refractivity contribution in [3.63, 3.8) is 0 Å². The van der Waals surface area contributed by atoms with Crippen molar-refractivity contribution in [1.29, 1.82) is 0 Å². The van der Waals surface area contributed by atoms with Crippen LogP contribution in [0.25, 0.3) is 0 Å². The number of esters is 2. The highest BCUT2D eigenvalue weighted by atomic mass is 32.2. The summed E-state index contributed by atoms with van der Waals surface area (Å²) in [7, 11) is -4.60. The molecule has 0 aromatic carbocycles. The zero-order valence-electron chi connectivity index (χ0n) is 43.0. The van der Waals surface area contributed by atoms with Gasteiger partial charge in [0.15, 0.2) is 12.4 Å². The lowest BCUT2D eigenvalue weighted by Gasteiger charge is -2.40. The van der Waals surface area contributed by atoms with Crippen LogP contribution in [0, 0.1) is 0 Å². The Balaban J connectivity index is 2.29. The van der Waals surface area contributed by atoms with Gasteiger partial charge in [0.1, 0.15) is 36.8 Å². The highest BCUT2D eigenvalue weighted by Crippen LogP contribution is 2.24. The fourth-order valence-electron chi connectivity index (χ4n) is 9.09. The second-order valence-corrected chi connectivity index (χ2v) is 21.5. The molecule has 0 saturated carbocycles. The van der Waals surface area contributed by atoms with E-state index >= 15 is 0 Å². The van der Waals surface area contributed by atoms with E-state index in [1.807, 2.05) is 0 Å². The summed E-state index contributed by atoms with van der Waals surface area (Å²) in [6.45, 7) is 3.83. The molecule has 0 spiro atoms. The average molecular weight is 977 g/mol. The number of unbranched alkanes of at least 4 members (excludes halogenated alkanes) is 37. The average Bonchev–Trinajstić information content (AvgIpc) is 3.30. The first-order valence-corrected chi connectivity index (χ1v) is 29.7. The van der Waals surface area contributed by atoms with E-state index in [0.29, 0.717) is 12.8 Å². The number of carbonyl (C=O) groups excluding carboxylic acids is 2. The molecular weight excluding hydrogens is 873 g/mol. The molecular formula is C54H104O12S. The molecule has 0 radical (unpaired) electrons. The molecule has 6 atom stereocenters. The van der Waals surface area contributed by atoms with Crippen LogP contribution in [0.1, 0.15) is 277 Å². The molecule has 67 heavy (non-hydrogen) atoms. The highest BCUT2D eigenvalue weighted by Gasteiger charge is 2.46. The number of hydrogen-bond donors (Lipinski definition) is 4. The molecule has 13 heteroatoms. The van der Waals surface area contributed by atoms with Gasteiger partial charge in [-0.3, -0.25) is 14.1 Å². The van der Waals surface area contributed by atoms with E-state index < -0.39 is 71.2 Å². The molecule has 0 bridgehead atoms. The fraction of sp³-hybridized carbons (Fsp3) is 0.963. The molecule has 398 valence electrons. The maximum absolute atomic E-state index is 12.9. The largest absolute Gasteiger partial charge is 0.462 e. The van der Waals surface area contributed by atoms with Crippen LogP contribution in [0.3, 0.4) is 0 Å². The lowest BCUT2D eigenvalue weighted by atomic mass is 10.00. The van der Waals surface area contributed by atoms with Gasteiger partial charge in [-0.05, 0) is 12.8 Å². The van der Waals surface area contributed by atoms with Crippen molar-refractivity contribution in [3.05, 3.63) is 0 Å². The first-order chi connectivity index (χ1) is 32.5. The van der Waals surface area contributed by atoms with Crippen LogP contribution >= 0.6 is 0 Å². The van der Waals surface area contributed by atoms with Gasteiger partial charge in [-0.2, -0.15) is 8.42 Å². The Kier molecular flexibility index (Phi) is 42.4. The van der Waals surface area contributed by atoms with Crippen molar-refractivity contribution >= 4 is 22.1 Å². The number of rotatable bonds is 49. The predicted octanol–water partition coefficient (Wildman–Crippen LogP) is 13.2. The molecule has 0 aromatic heterocycles. The number of aliphatic hydroxyl groups excluding tert-OH is 3. The van der Waals surface area contributed by atoms with E-state index in [2.05, 4.69) is 13.8 Å². The summed E-state index contributed by atoms with van der Waals surface area (Å²) >= 11 is 0. The minimum Gasteiger partial charge on any atom is -0.462 e. The summed E-state index contributed by atoms with van der Waals surface area (Å²) < 4.78 is 54.3. The third kappa shape index (κ3) is 39.0. The van der Waals surface area contributed by atoms with E-state index in [4.69, 9.17) is 18.9 Å². The molecule has 1 heterocycles. The maximum atomic E-state index is 12.9. The number of ether oxygens (including phenoxy) is 4. The van der Waals surface area contributed by atoms with Gasteiger partial charge in [0, 0.05) is 12.8 Å². The van der Waals surface area contributed by atoms with Crippen molar-refractivity contribution in [3.8, 4) is 0 Å². The van der Waals surface area contributed by atoms with Crippen molar-refractivity contribution in [2.75, 3.05) is 19.0 Å². The Labute approximate surface area is 410 Å². The van der Waals surface area contributed by atoms with Gasteiger partial charge < -0.3 is 34.3 Å². The van der Waals surface area contributed by atoms with Crippen molar-refractivity contribution in [2.45, 2.75) is 314 Å². The second-order valence-electron chi connectivity index (χ2n) is 20.0. The van der Waals surface area contributed by atoms with Gasteiger partial charge in [0.2, 0.25) is 0 Å². The Bertz CT molecular complexity index is 1230. The van der Waals surface area contributed by atoms with Gasteiger partial charge in [0.05, 0.1) is 6.61 Å². The summed E-state index contributed by atoms with van der Waals surface area (Å²) in [6, 6.07) is 0. The zero-order valence-corrected chi connectivity index (χ0v) is 43.9. The Hall–Kier alpha value is -1.35. The SMILES string of the molecule is CCCCCCCCCCCCCCCCCCCCCCCCCC(=O)OC(COC(=O)CCCCCCCCCCCCCCCCCC)COC1OC(CS(=O)(=O)O)C(O)C(O)C1O. The normalized spacial score (nSPS) is 19.2. The smallest absolute Gasteiger partial charge is 0.306 e. The fourth-order valence-corrected chi connectivity index (χ4v) is 9.78. The molecule has 0 amide bonds. The molecule has 1 fully saturated rings. The van der Waals surface area contributed by atoms with Gasteiger partial charge >= 0.3 is 11.9 Å². The second kappa shape index (κ2) is 44.6. The molecule has 1 saturated heterocycles. The highest BCUT2D eigenvalue weighted by molar-refractivity contribution is 7.85. The van der Waals surface area contributed by atoms with Gasteiger partial charge in [-0.15, -0.1) is 0 Å². The Morgan fingerprint density at radius 3 is 1.09 bits per heavy atom. The third-order valence-corrected chi connectivity index (χ3v) is 14.2.